The van der Waals surface area contributed by atoms with Crippen molar-refractivity contribution in [3.63, 3.8) is 0 Å². The van der Waals surface area contributed by atoms with Gasteiger partial charge in [-0.2, -0.15) is 0 Å². The molecule has 26 heavy (non-hydrogen) atoms. The molecule has 0 saturated carbocycles. The molecule has 3 rings (SSSR count). The number of aryl methyl sites for hydroxylation is 1. The first-order chi connectivity index (χ1) is 12.3. The Kier molecular flexibility index (Phi) is 5.14. The maximum atomic E-state index is 6.46. The monoisotopic (exact) mass is 348 g/mol. The van der Waals surface area contributed by atoms with Gasteiger partial charge in [0.25, 0.3) is 0 Å². The van der Waals surface area contributed by atoms with E-state index in [0.29, 0.717) is 0 Å². The van der Waals surface area contributed by atoms with E-state index in [1.165, 1.54) is 22.3 Å². The summed E-state index contributed by atoms with van der Waals surface area (Å²) in [5.41, 5.74) is 5.37. The van der Waals surface area contributed by atoms with Gasteiger partial charge in [0.15, 0.2) is 0 Å². The standard InChI is InChI=1S/C23H29BO2/c1-7-19(18-14-9-8-10-15-18)21(20-16-12-11-13-17(20)2)24-25-22(3,4)23(5,6)26-24/h8-16H,7H2,1-6H3/b21-19-. The lowest BCUT2D eigenvalue weighted by atomic mass is 9.68. The molecule has 2 aromatic carbocycles. The first kappa shape index (κ1) is 18.9. The summed E-state index contributed by atoms with van der Waals surface area (Å²) in [6.45, 7) is 12.8. The highest BCUT2D eigenvalue weighted by Gasteiger charge is 2.53. The third-order valence-corrected chi connectivity index (χ3v) is 5.73. The van der Waals surface area contributed by atoms with Crippen LogP contribution in [0.5, 0.6) is 0 Å². The second kappa shape index (κ2) is 7.05. The van der Waals surface area contributed by atoms with E-state index in [4.69, 9.17) is 9.31 Å². The molecule has 0 atom stereocenters. The predicted molar refractivity (Wildman–Crippen MR) is 111 cm³/mol. The van der Waals surface area contributed by atoms with Crippen molar-refractivity contribution in [2.24, 2.45) is 0 Å². The molecule has 0 amide bonds. The van der Waals surface area contributed by atoms with E-state index in [0.717, 1.165) is 11.9 Å². The SMILES string of the molecule is CC/C(=C(/B1OC(C)(C)C(C)(C)O1)c1ccccc1C)c1ccccc1. The Morgan fingerprint density at radius 1 is 0.846 bits per heavy atom. The van der Waals surface area contributed by atoms with Gasteiger partial charge in [-0.1, -0.05) is 61.5 Å². The zero-order chi connectivity index (χ0) is 18.9. The molecule has 1 fully saturated rings. The van der Waals surface area contributed by atoms with Crippen molar-refractivity contribution in [2.45, 2.75) is 59.2 Å². The number of hydrogen-bond donors (Lipinski definition) is 0. The molecule has 1 aliphatic rings. The average Bonchev–Trinajstić information content (AvgIpc) is 2.81. The van der Waals surface area contributed by atoms with Crippen LogP contribution in [-0.4, -0.2) is 18.3 Å². The van der Waals surface area contributed by atoms with Gasteiger partial charge in [-0.15, -0.1) is 0 Å². The molecule has 1 aliphatic heterocycles. The van der Waals surface area contributed by atoms with E-state index in [2.05, 4.69) is 96.1 Å². The Morgan fingerprint density at radius 2 is 1.38 bits per heavy atom. The highest BCUT2D eigenvalue weighted by Crippen LogP contribution is 2.43. The predicted octanol–water partition coefficient (Wildman–Crippen LogP) is 5.95. The third kappa shape index (κ3) is 3.38. The van der Waals surface area contributed by atoms with Gasteiger partial charge in [0.1, 0.15) is 0 Å². The largest absolute Gasteiger partial charge is 0.495 e. The van der Waals surface area contributed by atoms with Crippen molar-refractivity contribution in [3.8, 4) is 0 Å². The molecule has 0 aromatic heterocycles. The fourth-order valence-corrected chi connectivity index (χ4v) is 3.46. The first-order valence-electron chi connectivity index (χ1n) is 9.47. The molecule has 0 aliphatic carbocycles. The Morgan fingerprint density at radius 3 is 1.92 bits per heavy atom. The fourth-order valence-electron chi connectivity index (χ4n) is 3.46. The minimum atomic E-state index is -0.378. The summed E-state index contributed by atoms with van der Waals surface area (Å²) in [6.07, 6.45) is 0.914. The molecule has 1 heterocycles. The van der Waals surface area contributed by atoms with Gasteiger partial charge in [-0.3, -0.25) is 0 Å². The average molecular weight is 348 g/mol. The fraction of sp³-hybridized carbons (Fsp3) is 0.391. The van der Waals surface area contributed by atoms with E-state index in [1.807, 2.05) is 0 Å². The summed E-state index contributed by atoms with van der Waals surface area (Å²) in [4.78, 5) is 0. The highest BCUT2D eigenvalue weighted by molar-refractivity contribution is 6.71. The number of benzene rings is 2. The van der Waals surface area contributed by atoms with Crippen LogP contribution in [0.25, 0.3) is 11.0 Å². The van der Waals surface area contributed by atoms with Crippen molar-refractivity contribution >= 4 is 18.2 Å². The smallest absolute Gasteiger partial charge is 0.399 e. The molecular weight excluding hydrogens is 319 g/mol. The van der Waals surface area contributed by atoms with Crippen molar-refractivity contribution < 1.29 is 9.31 Å². The van der Waals surface area contributed by atoms with Crippen LogP contribution in [0.15, 0.2) is 54.6 Å². The maximum Gasteiger partial charge on any atom is 0.495 e. The zero-order valence-electron chi connectivity index (χ0n) is 16.8. The van der Waals surface area contributed by atoms with Crippen molar-refractivity contribution in [1.82, 2.24) is 0 Å². The highest BCUT2D eigenvalue weighted by atomic mass is 16.7. The molecule has 0 bridgehead atoms. The van der Waals surface area contributed by atoms with Gasteiger partial charge in [0, 0.05) is 0 Å². The van der Waals surface area contributed by atoms with Gasteiger partial charge in [0.2, 0.25) is 0 Å². The van der Waals surface area contributed by atoms with Crippen molar-refractivity contribution in [3.05, 3.63) is 71.3 Å². The number of allylic oxidation sites excluding steroid dienone is 1. The molecule has 1 saturated heterocycles. The van der Waals surface area contributed by atoms with E-state index < -0.39 is 0 Å². The zero-order valence-corrected chi connectivity index (χ0v) is 16.8. The van der Waals surface area contributed by atoms with E-state index in [9.17, 15) is 0 Å². The van der Waals surface area contributed by atoms with Crippen molar-refractivity contribution in [1.29, 1.82) is 0 Å². The molecule has 2 aromatic rings. The van der Waals surface area contributed by atoms with Crippen LogP contribution in [0.1, 0.15) is 57.7 Å². The Balaban J connectivity index is 2.22. The Hall–Kier alpha value is -1.84. The van der Waals surface area contributed by atoms with Crippen LogP contribution < -0.4 is 0 Å². The summed E-state index contributed by atoms with van der Waals surface area (Å²) in [5.74, 6) is 0. The molecule has 0 radical (unpaired) electrons. The molecule has 0 spiro atoms. The van der Waals surface area contributed by atoms with Crippen LogP contribution in [0.2, 0.25) is 0 Å². The molecule has 0 N–H and O–H groups in total. The summed E-state index contributed by atoms with van der Waals surface area (Å²) >= 11 is 0. The molecule has 3 heteroatoms. The Labute approximate surface area is 158 Å². The lowest BCUT2D eigenvalue weighted by Crippen LogP contribution is -2.41. The second-order valence-electron chi connectivity index (χ2n) is 8.01. The summed E-state index contributed by atoms with van der Waals surface area (Å²) in [6, 6.07) is 19.1. The van der Waals surface area contributed by atoms with Gasteiger partial charge in [-0.25, -0.2) is 0 Å². The van der Waals surface area contributed by atoms with Crippen LogP contribution in [0.3, 0.4) is 0 Å². The van der Waals surface area contributed by atoms with Crippen LogP contribution in [0, 0.1) is 6.92 Å². The normalized spacial score (nSPS) is 19.4. The molecular formula is C23H29BO2. The minimum absolute atomic E-state index is 0.360. The summed E-state index contributed by atoms with van der Waals surface area (Å²) in [5, 5.41) is 0. The maximum absolute atomic E-state index is 6.46. The van der Waals surface area contributed by atoms with Crippen LogP contribution in [-0.2, 0) is 9.31 Å². The third-order valence-electron chi connectivity index (χ3n) is 5.73. The Bertz CT molecular complexity index is 790. The summed E-state index contributed by atoms with van der Waals surface area (Å²) < 4.78 is 12.9. The number of hydrogen-bond acceptors (Lipinski definition) is 2. The van der Waals surface area contributed by atoms with E-state index in [-0.39, 0.29) is 18.3 Å². The minimum Gasteiger partial charge on any atom is -0.399 e. The second-order valence-corrected chi connectivity index (χ2v) is 8.01. The van der Waals surface area contributed by atoms with Gasteiger partial charge in [-0.05, 0) is 68.8 Å². The first-order valence-corrected chi connectivity index (χ1v) is 9.47. The van der Waals surface area contributed by atoms with Gasteiger partial charge < -0.3 is 9.31 Å². The van der Waals surface area contributed by atoms with Crippen molar-refractivity contribution in [2.75, 3.05) is 0 Å². The topological polar surface area (TPSA) is 18.5 Å². The molecule has 136 valence electrons. The quantitative estimate of drug-likeness (QED) is 0.502. The lowest BCUT2D eigenvalue weighted by Gasteiger charge is -2.32. The number of rotatable bonds is 4. The van der Waals surface area contributed by atoms with Crippen LogP contribution in [0.4, 0.5) is 0 Å². The van der Waals surface area contributed by atoms with E-state index in [1.54, 1.807) is 0 Å². The van der Waals surface area contributed by atoms with Gasteiger partial charge in [0.05, 0.1) is 11.2 Å². The molecule has 0 unspecified atom stereocenters. The van der Waals surface area contributed by atoms with Crippen LogP contribution >= 0.6 is 0 Å². The summed E-state index contributed by atoms with van der Waals surface area (Å²) in [7, 11) is -0.378. The van der Waals surface area contributed by atoms with E-state index >= 15 is 0 Å². The van der Waals surface area contributed by atoms with Gasteiger partial charge >= 0.3 is 7.12 Å². The molecule has 2 nitrogen and oxygen atoms in total. The lowest BCUT2D eigenvalue weighted by molar-refractivity contribution is 0.00578.